The number of carbonyl (C=O) groups is 2. The molecule has 1 N–H and O–H groups in total. The van der Waals surface area contributed by atoms with E-state index in [1.807, 2.05) is 48.5 Å². The number of halogens is 2. The lowest BCUT2D eigenvalue weighted by Crippen LogP contribution is -2.54. The summed E-state index contributed by atoms with van der Waals surface area (Å²) in [5.74, 6) is -1.02. The van der Waals surface area contributed by atoms with Gasteiger partial charge in [0, 0.05) is 10.0 Å². The fourth-order valence-electron chi connectivity index (χ4n) is 3.06. The van der Waals surface area contributed by atoms with Crippen molar-refractivity contribution >= 4 is 64.1 Å². The largest absolute Gasteiger partial charge is 0.298 e. The second-order valence-electron chi connectivity index (χ2n) is 6.56. The molecule has 1 aliphatic heterocycles. The highest BCUT2D eigenvalue weighted by atomic mass is 35.5. The maximum absolute atomic E-state index is 13.0. The summed E-state index contributed by atoms with van der Waals surface area (Å²) in [5.41, 5.74) is 3.26. The molecule has 1 aliphatic rings. The molecule has 4 rings (SSSR count). The number of nitrogens with zero attached hydrogens (tertiary/aromatic N) is 1. The third kappa shape index (κ3) is 4.14. The van der Waals surface area contributed by atoms with Crippen LogP contribution in [0.25, 0.3) is 17.2 Å². The molecule has 0 atom stereocenters. The highest BCUT2D eigenvalue weighted by molar-refractivity contribution is 7.80. The standard InChI is InChI=1S/C23H14Cl2N2O2S/c24-17-7-5-16(6-8-17)15-3-1-14(2-4-15)13-20-21(28)26-23(30)27(22(20)29)19-11-9-18(25)10-12-19/h1-13H,(H,26,28,30)/b20-13-. The van der Waals surface area contributed by atoms with Crippen molar-refractivity contribution in [3.63, 3.8) is 0 Å². The summed E-state index contributed by atoms with van der Waals surface area (Å²) < 4.78 is 0. The van der Waals surface area contributed by atoms with Crippen molar-refractivity contribution < 1.29 is 9.59 Å². The minimum absolute atomic E-state index is 0.00204. The zero-order valence-electron chi connectivity index (χ0n) is 15.4. The van der Waals surface area contributed by atoms with E-state index in [9.17, 15) is 9.59 Å². The Morgan fingerprint density at radius 1 is 0.767 bits per heavy atom. The van der Waals surface area contributed by atoms with Gasteiger partial charge in [0.25, 0.3) is 11.8 Å². The molecular weight excluding hydrogens is 439 g/mol. The van der Waals surface area contributed by atoms with Crippen molar-refractivity contribution in [3.05, 3.63) is 94.0 Å². The number of hydrogen-bond donors (Lipinski definition) is 1. The fourth-order valence-corrected chi connectivity index (χ4v) is 3.60. The van der Waals surface area contributed by atoms with Crippen LogP contribution in [-0.2, 0) is 9.59 Å². The van der Waals surface area contributed by atoms with E-state index in [4.69, 9.17) is 35.4 Å². The second-order valence-corrected chi connectivity index (χ2v) is 7.82. The molecule has 1 heterocycles. The average molecular weight is 453 g/mol. The number of anilines is 1. The van der Waals surface area contributed by atoms with Crippen molar-refractivity contribution in [2.45, 2.75) is 0 Å². The number of benzene rings is 3. The van der Waals surface area contributed by atoms with Crippen LogP contribution in [0.3, 0.4) is 0 Å². The molecule has 0 bridgehead atoms. The van der Waals surface area contributed by atoms with Crippen LogP contribution in [0.15, 0.2) is 78.4 Å². The Bertz CT molecular complexity index is 1170. The normalized spacial score (nSPS) is 15.5. The summed E-state index contributed by atoms with van der Waals surface area (Å²) in [6.07, 6.45) is 1.55. The Labute approximate surface area is 188 Å². The van der Waals surface area contributed by atoms with Crippen LogP contribution in [-0.4, -0.2) is 16.9 Å². The molecule has 3 aromatic rings. The Hall–Kier alpha value is -2.99. The molecule has 4 nitrogen and oxygen atoms in total. The molecule has 0 saturated carbocycles. The molecule has 0 radical (unpaired) electrons. The molecule has 3 aromatic carbocycles. The predicted molar refractivity (Wildman–Crippen MR) is 125 cm³/mol. The van der Waals surface area contributed by atoms with Gasteiger partial charge in [-0.25, -0.2) is 0 Å². The van der Waals surface area contributed by atoms with Gasteiger partial charge in [0.1, 0.15) is 5.57 Å². The molecule has 2 amide bonds. The number of hydrogen-bond acceptors (Lipinski definition) is 3. The first-order valence-corrected chi connectivity index (χ1v) is 10.1. The Morgan fingerprint density at radius 3 is 1.83 bits per heavy atom. The maximum Gasteiger partial charge on any atom is 0.270 e. The zero-order chi connectivity index (χ0) is 21.3. The van der Waals surface area contributed by atoms with E-state index in [0.29, 0.717) is 15.7 Å². The van der Waals surface area contributed by atoms with Gasteiger partial charge in [0.05, 0.1) is 5.69 Å². The van der Waals surface area contributed by atoms with Gasteiger partial charge in [0.2, 0.25) is 0 Å². The van der Waals surface area contributed by atoms with Gasteiger partial charge in [0.15, 0.2) is 5.11 Å². The van der Waals surface area contributed by atoms with Gasteiger partial charge in [-0.1, -0.05) is 59.6 Å². The fraction of sp³-hybridized carbons (Fsp3) is 0. The number of carbonyl (C=O) groups excluding carboxylic acids is 2. The minimum atomic E-state index is -0.531. The molecule has 30 heavy (non-hydrogen) atoms. The van der Waals surface area contributed by atoms with Gasteiger partial charge in [-0.3, -0.25) is 19.8 Å². The summed E-state index contributed by atoms with van der Waals surface area (Å²) in [5, 5.41) is 3.81. The Morgan fingerprint density at radius 2 is 1.27 bits per heavy atom. The molecule has 1 saturated heterocycles. The third-order valence-electron chi connectivity index (χ3n) is 4.59. The molecular formula is C23H14Cl2N2O2S. The van der Waals surface area contributed by atoms with E-state index in [2.05, 4.69) is 5.32 Å². The highest BCUT2D eigenvalue weighted by Gasteiger charge is 2.34. The lowest BCUT2D eigenvalue weighted by molar-refractivity contribution is -0.122. The van der Waals surface area contributed by atoms with Crippen LogP contribution in [0.1, 0.15) is 5.56 Å². The number of amides is 2. The van der Waals surface area contributed by atoms with Gasteiger partial charge in [-0.2, -0.15) is 0 Å². The molecule has 0 aliphatic carbocycles. The maximum atomic E-state index is 13.0. The smallest absolute Gasteiger partial charge is 0.270 e. The van der Waals surface area contributed by atoms with E-state index in [1.54, 1.807) is 30.3 Å². The summed E-state index contributed by atoms with van der Waals surface area (Å²) in [7, 11) is 0. The van der Waals surface area contributed by atoms with Crippen LogP contribution in [0.5, 0.6) is 0 Å². The van der Waals surface area contributed by atoms with E-state index in [0.717, 1.165) is 16.7 Å². The highest BCUT2D eigenvalue weighted by Crippen LogP contribution is 2.25. The van der Waals surface area contributed by atoms with Gasteiger partial charge in [-0.05, 0) is 71.4 Å². The molecule has 1 fully saturated rings. The van der Waals surface area contributed by atoms with Crippen LogP contribution in [0.2, 0.25) is 10.0 Å². The van der Waals surface area contributed by atoms with Crippen molar-refractivity contribution in [1.29, 1.82) is 0 Å². The zero-order valence-corrected chi connectivity index (χ0v) is 17.8. The van der Waals surface area contributed by atoms with Crippen LogP contribution >= 0.6 is 35.4 Å². The van der Waals surface area contributed by atoms with Gasteiger partial charge >= 0.3 is 0 Å². The predicted octanol–water partition coefficient (Wildman–Crippen LogP) is 5.49. The Kier molecular flexibility index (Phi) is 5.68. The first-order chi connectivity index (χ1) is 14.4. The Balaban J connectivity index is 1.63. The minimum Gasteiger partial charge on any atom is -0.298 e. The van der Waals surface area contributed by atoms with Crippen molar-refractivity contribution in [1.82, 2.24) is 5.32 Å². The summed E-state index contributed by atoms with van der Waals surface area (Å²) in [6, 6.07) is 21.7. The van der Waals surface area contributed by atoms with Crippen LogP contribution in [0.4, 0.5) is 5.69 Å². The molecule has 0 spiro atoms. The first kappa shape index (κ1) is 20.3. The topological polar surface area (TPSA) is 49.4 Å². The monoisotopic (exact) mass is 452 g/mol. The van der Waals surface area contributed by atoms with Crippen molar-refractivity contribution in [2.75, 3.05) is 4.90 Å². The molecule has 148 valence electrons. The van der Waals surface area contributed by atoms with Crippen molar-refractivity contribution in [3.8, 4) is 11.1 Å². The molecule has 7 heteroatoms. The average Bonchev–Trinajstić information content (AvgIpc) is 2.73. The van der Waals surface area contributed by atoms with Crippen molar-refractivity contribution in [2.24, 2.45) is 0 Å². The van der Waals surface area contributed by atoms with Crippen LogP contribution in [0, 0.1) is 0 Å². The lowest BCUT2D eigenvalue weighted by Gasteiger charge is -2.28. The summed E-state index contributed by atoms with van der Waals surface area (Å²) >= 11 is 17.1. The summed E-state index contributed by atoms with van der Waals surface area (Å²) in [4.78, 5) is 26.7. The van der Waals surface area contributed by atoms with E-state index in [1.165, 1.54) is 4.90 Å². The third-order valence-corrected chi connectivity index (χ3v) is 5.37. The SMILES string of the molecule is O=C1NC(=S)N(c2ccc(Cl)cc2)C(=O)/C1=C\c1ccc(-c2ccc(Cl)cc2)cc1. The number of rotatable bonds is 3. The van der Waals surface area contributed by atoms with Crippen LogP contribution < -0.4 is 10.2 Å². The molecule has 0 unspecified atom stereocenters. The number of thiocarbonyl (C=S) groups is 1. The second kappa shape index (κ2) is 8.40. The lowest BCUT2D eigenvalue weighted by atomic mass is 10.0. The first-order valence-electron chi connectivity index (χ1n) is 8.95. The van der Waals surface area contributed by atoms with Gasteiger partial charge < -0.3 is 0 Å². The van der Waals surface area contributed by atoms with E-state index >= 15 is 0 Å². The quantitative estimate of drug-likeness (QED) is 0.324. The summed E-state index contributed by atoms with van der Waals surface area (Å²) in [6.45, 7) is 0. The van der Waals surface area contributed by atoms with E-state index in [-0.39, 0.29) is 10.7 Å². The number of nitrogens with one attached hydrogen (secondary N) is 1. The molecule has 0 aromatic heterocycles. The van der Waals surface area contributed by atoms with Gasteiger partial charge in [-0.15, -0.1) is 0 Å². The van der Waals surface area contributed by atoms with E-state index < -0.39 is 11.8 Å².